The van der Waals surface area contributed by atoms with Crippen LogP contribution in [0.5, 0.6) is 5.75 Å². The van der Waals surface area contributed by atoms with Gasteiger partial charge in [-0.1, -0.05) is 6.07 Å². The highest BCUT2D eigenvalue weighted by Crippen LogP contribution is 2.25. The van der Waals surface area contributed by atoms with Gasteiger partial charge in [0.15, 0.2) is 5.43 Å². The summed E-state index contributed by atoms with van der Waals surface area (Å²) in [7, 11) is 0. The highest BCUT2D eigenvalue weighted by atomic mass is 19.1. The first-order chi connectivity index (χ1) is 11.5. The molecule has 1 N–H and O–H groups in total. The van der Waals surface area contributed by atoms with E-state index < -0.39 is 17.3 Å². The van der Waals surface area contributed by atoms with E-state index in [-0.39, 0.29) is 29.0 Å². The Morgan fingerprint density at radius 2 is 1.92 bits per heavy atom. The minimum Gasteiger partial charge on any atom is -0.508 e. The maximum absolute atomic E-state index is 14.1. The van der Waals surface area contributed by atoms with Gasteiger partial charge in [-0.25, -0.2) is 13.8 Å². The quantitative estimate of drug-likeness (QED) is 0.782. The van der Waals surface area contributed by atoms with Crippen molar-refractivity contribution in [2.24, 2.45) is 0 Å². The number of rotatable bonds is 2. The second-order valence-electron chi connectivity index (χ2n) is 5.11. The fraction of sp³-hybridized carbons (Fsp3) is 0.111. The van der Waals surface area contributed by atoms with Crippen LogP contribution in [0.1, 0.15) is 6.92 Å². The van der Waals surface area contributed by atoms with Gasteiger partial charge in [0.1, 0.15) is 11.6 Å². The third-order valence-corrected chi connectivity index (χ3v) is 3.60. The summed E-state index contributed by atoms with van der Waals surface area (Å²) < 4.78 is 20.3. The van der Waals surface area contributed by atoms with Crippen molar-refractivity contribution in [3.05, 3.63) is 64.6 Å². The Balaban J connectivity index is 2.40. The lowest BCUT2D eigenvalue weighted by Crippen LogP contribution is -2.20. The molecule has 0 aliphatic rings. The molecule has 0 radical (unpaired) electrons. The number of carbonyl (C=O) groups is 1. The Morgan fingerprint density at radius 3 is 2.58 bits per heavy atom. The minimum atomic E-state index is -0.712. The molecule has 24 heavy (non-hydrogen) atoms. The van der Waals surface area contributed by atoms with Gasteiger partial charge in [0, 0.05) is 6.07 Å². The molecule has 0 aliphatic heterocycles. The molecule has 1 aromatic heterocycles. The molecule has 0 amide bonds. The number of nitrogens with zero attached hydrogens (tertiary/aromatic N) is 1. The van der Waals surface area contributed by atoms with Crippen LogP contribution in [-0.2, 0) is 4.74 Å². The molecule has 5 nitrogen and oxygen atoms in total. The first-order valence-electron chi connectivity index (χ1n) is 7.33. The van der Waals surface area contributed by atoms with Gasteiger partial charge in [-0.05, 0) is 48.9 Å². The number of aromatic hydroxyl groups is 1. The van der Waals surface area contributed by atoms with E-state index in [4.69, 9.17) is 4.74 Å². The van der Waals surface area contributed by atoms with Crippen molar-refractivity contribution >= 4 is 17.0 Å². The van der Waals surface area contributed by atoms with Crippen LogP contribution in [0.3, 0.4) is 0 Å². The summed E-state index contributed by atoms with van der Waals surface area (Å²) in [4.78, 5) is 24.7. The third kappa shape index (κ3) is 2.62. The summed E-state index contributed by atoms with van der Waals surface area (Å²) in [6.45, 7) is 1.79. The monoisotopic (exact) mass is 327 g/mol. The van der Waals surface area contributed by atoms with Crippen LogP contribution in [0.25, 0.3) is 22.2 Å². The zero-order valence-corrected chi connectivity index (χ0v) is 12.8. The van der Waals surface area contributed by atoms with E-state index in [1.165, 1.54) is 36.4 Å². The SMILES string of the molecule is CCOC(=O)n1c(-c2ccc(O)cc2)cc(=O)c2c(F)cccc21. The lowest BCUT2D eigenvalue weighted by molar-refractivity contribution is 0.155. The number of benzene rings is 2. The fourth-order valence-corrected chi connectivity index (χ4v) is 2.56. The minimum absolute atomic E-state index is 0.0515. The normalized spacial score (nSPS) is 10.8. The molecule has 0 spiro atoms. The second-order valence-corrected chi connectivity index (χ2v) is 5.11. The smallest absolute Gasteiger partial charge is 0.418 e. The molecule has 6 heteroatoms. The maximum Gasteiger partial charge on any atom is 0.418 e. The molecule has 0 saturated heterocycles. The summed E-state index contributed by atoms with van der Waals surface area (Å²) in [6, 6.07) is 11.3. The molecule has 3 aromatic rings. The number of ether oxygens (including phenoxy) is 1. The summed E-state index contributed by atoms with van der Waals surface area (Å²) in [6.07, 6.45) is -0.712. The number of fused-ring (bicyclic) bond motifs is 1. The number of phenols is 1. The number of phenolic OH excluding ortho intramolecular Hbond substituents is 1. The molecule has 3 rings (SSSR count). The molecule has 0 fully saturated rings. The van der Waals surface area contributed by atoms with Gasteiger partial charge in [-0.15, -0.1) is 0 Å². The fourth-order valence-electron chi connectivity index (χ4n) is 2.56. The third-order valence-electron chi connectivity index (χ3n) is 3.60. The van der Waals surface area contributed by atoms with Crippen LogP contribution in [0.4, 0.5) is 9.18 Å². The maximum atomic E-state index is 14.1. The first-order valence-corrected chi connectivity index (χ1v) is 7.33. The van der Waals surface area contributed by atoms with Crippen LogP contribution < -0.4 is 5.43 Å². The number of hydrogen-bond acceptors (Lipinski definition) is 4. The van der Waals surface area contributed by atoms with Crippen LogP contribution in [0, 0.1) is 5.82 Å². The van der Waals surface area contributed by atoms with Gasteiger partial charge in [-0.2, -0.15) is 0 Å². The molecule has 0 unspecified atom stereocenters. The summed E-state index contributed by atoms with van der Waals surface area (Å²) in [5.74, 6) is -0.650. The molecule has 0 bridgehead atoms. The van der Waals surface area contributed by atoms with Gasteiger partial charge < -0.3 is 9.84 Å². The van der Waals surface area contributed by atoms with Crippen molar-refractivity contribution in [3.63, 3.8) is 0 Å². The Morgan fingerprint density at radius 1 is 1.21 bits per heavy atom. The molecule has 2 aromatic carbocycles. The van der Waals surface area contributed by atoms with E-state index in [9.17, 15) is 19.1 Å². The Kier molecular flexibility index (Phi) is 4.04. The van der Waals surface area contributed by atoms with Crippen LogP contribution in [0.15, 0.2) is 53.3 Å². The molecule has 0 aliphatic carbocycles. The van der Waals surface area contributed by atoms with Crippen molar-refractivity contribution in [3.8, 4) is 17.0 Å². The average Bonchev–Trinajstić information content (AvgIpc) is 2.55. The summed E-state index contributed by atoms with van der Waals surface area (Å²) >= 11 is 0. The summed E-state index contributed by atoms with van der Waals surface area (Å²) in [5, 5.41) is 9.25. The largest absolute Gasteiger partial charge is 0.508 e. The van der Waals surface area contributed by atoms with Crippen molar-refractivity contribution in [1.82, 2.24) is 4.57 Å². The van der Waals surface area contributed by atoms with Gasteiger partial charge in [-0.3, -0.25) is 4.79 Å². The number of aromatic nitrogens is 1. The number of hydrogen-bond donors (Lipinski definition) is 1. The Labute approximate surface area is 136 Å². The van der Waals surface area contributed by atoms with Crippen LogP contribution in [-0.4, -0.2) is 22.4 Å². The van der Waals surface area contributed by atoms with Gasteiger partial charge in [0.05, 0.1) is 23.2 Å². The van der Waals surface area contributed by atoms with Gasteiger partial charge in [0.25, 0.3) is 0 Å². The van der Waals surface area contributed by atoms with Crippen molar-refractivity contribution < 1.29 is 19.0 Å². The van der Waals surface area contributed by atoms with Crippen LogP contribution >= 0.6 is 0 Å². The number of halogens is 1. The Bertz CT molecular complexity index is 977. The van der Waals surface area contributed by atoms with E-state index in [1.54, 1.807) is 19.1 Å². The average molecular weight is 327 g/mol. The van der Waals surface area contributed by atoms with Crippen LogP contribution in [0.2, 0.25) is 0 Å². The number of pyridine rings is 1. The summed E-state index contributed by atoms with van der Waals surface area (Å²) in [5.41, 5.74) is 0.372. The Hall–Kier alpha value is -3.15. The standard InChI is InChI=1S/C18H14FNO4/c1-2-24-18(23)20-14-5-3-4-13(19)17(14)16(22)10-15(20)11-6-8-12(21)9-7-11/h3-10,21H,2H2,1H3. The predicted octanol–water partition coefficient (Wildman–Crippen LogP) is 3.52. The zero-order valence-electron chi connectivity index (χ0n) is 12.8. The lowest BCUT2D eigenvalue weighted by Gasteiger charge is -2.15. The molecule has 0 atom stereocenters. The van der Waals surface area contributed by atoms with Crippen molar-refractivity contribution in [2.75, 3.05) is 6.61 Å². The van der Waals surface area contributed by atoms with E-state index in [0.717, 1.165) is 4.57 Å². The predicted molar refractivity (Wildman–Crippen MR) is 87.7 cm³/mol. The molecular weight excluding hydrogens is 313 g/mol. The topological polar surface area (TPSA) is 68.5 Å². The van der Waals surface area contributed by atoms with E-state index in [1.807, 2.05) is 0 Å². The zero-order chi connectivity index (χ0) is 17.3. The van der Waals surface area contributed by atoms with E-state index in [2.05, 4.69) is 0 Å². The number of carbonyl (C=O) groups excluding carboxylic acids is 1. The molecular formula is C18H14FNO4. The second kappa shape index (κ2) is 6.16. The van der Waals surface area contributed by atoms with Crippen molar-refractivity contribution in [1.29, 1.82) is 0 Å². The van der Waals surface area contributed by atoms with E-state index >= 15 is 0 Å². The van der Waals surface area contributed by atoms with Crippen molar-refractivity contribution in [2.45, 2.75) is 6.92 Å². The molecule has 1 heterocycles. The van der Waals surface area contributed by atoms with Gasteiger partial charge >= 0.3 is 6.09 Å². The van der Waals surface area contributed by atoms with Gasteiger partial charge in [0.2, 0.25) is 0 Å². The first kappa shape index (κ1) is 15.7. The molecule has 122 valence electrons. The highest BCUT2D eigenvalue weighted by Gasteiger charge is 2.19. The van der Waals surface area contributed by atoms with E-state index in [0.29, 0.717) is 5.56 Å². The highest BCUT2D eigenvalue weighted by molar-refractivity contribution is 5.92. The molecule has 0 saturated carbocycles. The lowest BCUT2D eigenvalue weighted by atomic mass is 10.1.